The number of hydrogen-bond donors (Lipinski definition) is 2. The first-order valence-corrected chi connectivity index (χ1v) is 7.84. The van der Waals surface area contributed by atoms with Crippen LogP contribution >= 0.6 is 0 Å². The Bertz CT molecular complexity index is 842. The van der Waals surface area contributed by atoms with Crippen molar-refractivity contribution in [2.75, 3.05) is 12.3 Å². The molecular weight excluding hydrogens is 310 g/mol. The predicted molar refractivity (Wildman–Crippen MR) is 85.0 cm³/mol. The van der Waals surface area contributed by atoms with Crippen molar-refractivity contribution >= 4 is 11.3 Å². The number of hydrogen-bond acceptors (Lipinski definition) is 6. The molecule has 8 heteroatoms. The summed E-state index contributed by atoms with van der Waals surface area (Å²) in [5.74, 6) is -0.525. The van der Waals surface area contributed by atoms with Gasteiger partial charge in [0.15, 0.2) is 17.7 Å². The van der Waals surface area contributed by atoms with Crippen molar-refractivity contribution < 1.29 is 14.6 Å². The molecular formula is C16H19N5O3. The monoisotopic (exact) mass is 329 g/mol. The van der Waals surface area contributed by atoms with E-state index in [1.807, 2.05) is 26.0 Å². The van der Waals surface area contributed by atoms with Crippen molar-refractivity contribution in [3.8, 4) is 0 Å². The summed E-state index contributed by atoms with van der Waals surface area (Å²) in [7, 11) is 0. The van der Waals surface area contributed by atoms with E-state index in [9.17, 15) is 5.11 Å². The molecule has 2 aromatic heterocycles. The third-order valence-corrected chi connectivity index (χ3v) is 5.02. The Hall–Kier alpha value is -2.21. The van der Waals surface area contributed by atoms with Crippen LogP contribution in [-0.2, 0) is 9.47 Å². The van der Waals surface area contributed by atoms with Crippen LogP contribution in [0, 0.1) is 6.57 Å². The molecule has 2 aliphatic rings. The van der Waals surface area contributed by atoms with Crippen molar-refractivity contribution in [3.63, 3.8) is 0 Å². The smallest absolute Gasteiger partial charge is 0.284 e. The van der Waals surface area contributed by atoms with Gasteiger partial charge in [-0.2, -0.15) is 5.10 Å². The van der Waals surface area contributed by atoms with Crippen LogP contribution in [0.3, 0.4) is 0 Å². The van der Waals surface area contributed by atoms with Crippen molar-refractivity contribution in [2.24, 2.45) is 0 Å². The predicted octanol–water partition coefficient (Wildman–Crippen LogP) is 0.969. The van der Waals surface area contributed by atoms with Gasteiger partial charge in [-0.25, -0.2) is 16.1 Å². The standard InChI is InChI=1S/C16H19N5O3/c1-15(2)23-12-9(6-16(7-22,18-3)13(12)24-15)10-4-5-11-14(17)19-8-20-21(10)11/h4-5,8-9,12-13,22H,6-7H2,1-2H3,(H2,17,19,20)/t9-,12-,13-,16-/m0/s1. The van der Waals surface area contributed by atoms with Crippen molar-refractivity contribution in [1.29, 1.82) is 0 Å². The van der Waals surface area contributed by atoms with Crippen molar-refractivity contribution in [3.05, 3.63) is 35.6 Å². The summed E-state index contributed by atoms with van der Waals surface area (Å²) in [6.07, 6.45) is 1.04. The zero-order valence-corrected chi connectivity index (χ0v) is 13.5. The highest BCUT2D eigenvalue weighted by Crippen LogP contribution is 2.52. The maximum absolute atomic E-state index is 9.90. The summed E-state index contributed by atoms with van der Waals surface area (Å²) in [5, 5.41) is 14.2. The number of anilines is 1. The fourth-order valence-corrected chi connectivity index (χ4v) is 3.94. The minimum atomic E-state index is -1.01. The molecule has 24 heavy (non-hydrogen) atoms. The number of aliphatic hydroxyl groups excluding tert-OH is 1. The van der Waals surface area contributed by atoms with Gasteiger partial charge < -0.3 is 25.2 Å². The highest BCUT2D eigenvalue weighted by molar-refractivity contribution is 5.65. The van der Waals surface area contributed by atoms with E-state index in [1.54, 1.807) is 4.52 Å². The van der Waals surface area contributed by atoms with Gasteiger partial charge in [-0.15, -0.1) is 0 Å². The lowest BCUT2D eigenvalue weighted by molar-refractivity contribution is -0.159. The summed E-state index contributed by atoms with van der Waals surface area (Å²) in [4.78, 5) is 7.73. The molecule has 1 saturated carbocycles. The maximum atomic E-state index is 9.90. The van der Waals surface area contributed by atoms with Crippen LogP contribution in [0.5, 0.6) is 0 Å². The fourth-order valence-electron chi connectivity index (χ4n) is 3.94. The number of aromatic nitrogens is 3. The zero-order valence-electron chi connectivity index (χ0n) is 13.5. The third-order valence-electron chi connectivity index (χ3n) is 5.02. The van der Waals surface area contributed by atoms with E-state index in [-0.39, 0.29) is 18.6 Å². The van der Waals surface area contributed by atoms with E-state index in [2.05, 4.69) is 14.9 Å². The quantitative estimate of drug-likeness (QED) is 0.797. The van der Waals surface area contributed by atoms with Gasteiger partial charge >= 0.3 is 0 Å². The summed E-state index contributed by atoms with van der Waals surface area (Å²) in [6, 6.07) is 3.78. The highest BCUT2D eigenvalue weighted by Gasteiger charge is 2.66. The van der Waals surface area contributed by atoms with Crippen LogP contribution in [0.1, 0.15) is 31.9 Å². The van der Waals surface area contributed by atoms with E-state index in [1.165, 1.54) is 6.33 Å². The van der Waals surface area contributed by atoms with Gasteiger partial charge in [0.25, 0.3) is 5.54 Å². The fraction of sp³-hybridized carbons (Fsp3) is 0.562. The van der Waals surface area contributed by atoms with Crippen molar-refractivity contribution in [1.82, 2.24) is 14.6 Å². The first-order valence-electron chi connectivity index (χ1n) is 7.84. The molecule has 0 spiro atoms. The lowest BCUT2D eigenvalue weighted by Gasteiger charge is -2.24. The zero-order chi connectivity index (χ0) is 17.1. The molecule has 126 valence electrons. The topological polar surface area (TPSA) is 99.3 Å². The van der Waals surface area contributed by atoms with Crippen LogP contribution in [0.15, 0.2) is 18.5 Å². The van der Waals surface area contributed by atoms with E-state index in [0.29, 0.717) is 17.8 Å². The molecule has 1 aliphatic heterocycles. The molecule has 4 atom stereocenters. The lowest BCUT2D eigenvalue weighted by atomic mass is 9.95. The number of fused-ring (bicyclic) bond motifs is 2. The first-order chi connectivity index (χ1) is 11.4. The molecule has 1 saturated heterocycles. The largest absolute Gasteiger partial charge is 0.388 e. The van der Waals surface area contributed by atoms with E-state index in [0.717, 1.165) is 5.69 Å². The van der Waals surface area contributed by atoms with Gasteiger partial charge in [0.2, 0.25) is 0 Å². The Morgan fingerprint density at radius 3 is 2.96 bits per heavy atom. The number of aliphatic hydroxyl groups is 1. The van der Waals surface area contributed by atoms with Gasteiger partial charge in [-0.1, -0.05) is 0 Å². The molecule has 0 radical (unpaired) electrons. The summed E-state index contributed by atoms with van der Waals surface area (Å²) >= 11 is 0. The van der Waals surface area contributed by atoms with Crippen LogP contribution < -0.4 is 5.73 Å². The van der Waals surface area contributed by atoms with Gasteiger partial charge in [-0.05, 0) is 26.0 Å². The number of nitrogens with zero attached hydrogens (tertiary/aromatic N) is 4. The summed E-state index contributed by atoms with van der Waals surface area (Å²) in [6.45, 7) is 11.0. The molecule has 2 aromatic rings. The van der Waals surface area contributed by atoms with Crippen LogP contribution in [-0.4, -0.2) is 49.8 Å². The van der Waals surface area contributed by atoms with Crippen LogP contribution in [0.2, 0.25) is 0 Å². The second-order valence-electron chi connectivity index (χ2n) is 6.91. The third kappa shape index (κ3) is 1.95. The number of nitrogens with two attached hydrogens (primary N) is 1. The van der Waals surface area contributed by atoms with Gasteiger partial charge in [-0.3, -0.25) is 0 Å². The molecule has 0 unspecified atom stereocenters. The summed E-state index contributed by atoms with van der Waals surface area (Å²) in [5.41, 5.74) is 6.50. The second kappa shape index (κ2) is 4.89. The van der Waals surface area contributed by atoms with E-state index < -0.39 is 17.4 Å². The molecule has 1 aliphatic carbocycles. The SMILES string of the molecule is [C-]#[N+][C@]1(CO)C[C@@H](c2ccc3c(N)ncnn23)[C@@H]2OC(C)(C)O[C@@H]21. The molecule has 3 N–H and O–H groups in total. The second-order valence-corrected chi connectivity index (χ2v) is 6.91. The van der Waals surface area contributed by atoms with Gasteiger partial charge in [0.1, 0.15) is 24.6 Å². The molecule has 4 rings (SSSR count). The minimum absolute atomic E-state index is 0.130. The average molecular weight is 329 g/mol. The Balaban J connectivity index is 1.83. The van der Waals surface area contributed by atoms with Gasteiger partial charge in [0, 0.05) is 18.0 Å². The van der Waals surface area contributed by atoms with E-state index >= 15 is 0 Å². The highest BCUT2D eigenvalue weighted by atomic mass is 16.8. The first kappa shape index (κ1) is 15.3. The lowest BCUT2D eigenvalue weighted by Crippen LogP contribution is -2.42. The van der Waals surface area contributed by atoms with Crippen LogP contribution in [0.4, 0.5) is 5.82 Å². The molecule has 2 fully saturated rings. The summed E-state index contributed by atoms with van der Waals surface area (Å²) < 4.78 is 13.8. The minimum Gasteiger partial charge on any atom is -0.388 e. The molecule has 3 heterocycles. The Kier molecular flexibility index (Phi) is 3.12. The number of ether oxygens (including phenoxy) is 2. The molecule has 0 amide bonds. The van der Waals surface area contributed by atoms with Crippen molar-refractivity contribution in [2.45, 2.75) is 49.7 Å². The Morgan fingerprint density at radius 2 is 2.25 bits per heavy atom. The normalized spacial score (nSPS) is 34.3. The van der Waals surface area contributed by atoms with E-state index in [4.69, 9.17) is 21.8 Å². The average Bonchev–Trinajstić information content (AvgIpc) is 3.18. The van der Waals surface area contributed by atoms with Gasteiger partial charge in [0.05, 0.1) is 0 Å². The Morgan fingerprint density at radius 1 is 1.46 bits per heavy atom. The molecule has 0 aromatic carbocycles. The Labute approximate surface area is 139 Å². The molecule has 0 bridgehead atoms. The number of rotatable bonds is 2. The molecule has 8 nitrogen and oxygen atoms in total. The maximum Gasteiger partial charge on any atom is 0.284 e. The van der Waals surface area contributed by atoms with Crippen LogP contribution in [0.25, 0.3) is 10.4 Å². The number of nitrogen functional groups attached to an aromatic ring is 1.